The predicted octanol–water partition coefficient (Wildman–Crippen LogP) is 2.64. The fraction of sp³-hybridized carbons (Fsp3) is 0.391. The average Bonchev–Trinajstić information content (AvgIpc) is 3.60. The molecule has 1 unspecified atom stereocenters. The summed E-state index contributed by atoms with van der Waals surface area (Å²) < 4.78 is 23.5. The first-order chi connectivity index (χ1) is 16.7. The summed E-state index contributed by atoms with van der Waals surface area (Å²) >= 11 is 0. The molecule has 1 aliphatic rings. The molecule has 178 valence electrons. The second-order valence-corrected chi connectivity index (χ2v) is 8.08. The van der Waals surface area contributed by atoms with Crippen LogP contribution in [0.2, 0.25) is 0 Å². The smallest absolute Gasteiger partial charge is 0.252 e. The van der Waals surface area contributed by atoms with Crippen LogP contribution in [0, 0.1) is 0 Å². The number of fused-ring (bicyclic) bond motifs is 2. The zero-order chi connectivity index (χ0) is 23.5. The SMILES string of the molecule is CCC(c1nnnn1CCOC)N(Cc1ccco1)Cc1cc2cc3c(cc2[nH]c1=O)OCO3. The Morgan fingerprint density at radius 1 is 1.24 bits per heavy atom. The van der Waals surface area contributed by atoms with Crippen molar-refractivity contribution in [2.45, 2.75) is 39.0 Å². The Bertz CT molecular complexity index is 1320. The van der Waals surface area contributed by atoms with Crippen LogP contribution in [0.1, 0.15) is 36.5 Å². The number of methoxy groups -OCH3 is 1. The summed E-state index contributed by atoms with van der Waals surface area (Å²) in [6, 6.07) is 9.19. The second-order valence-electron chi connectivity index (χ2n) is 8.08. The van der Waals surface area contributed by atoms with E-state index in [-0.39, 0.29) is 18.4 Å². The Labute approximate surface area is 195 Å². The molecule has 1 atom stereocenters. The topological polar surface area (TPSA) is 121 Å². The number of nitrogens with zero attached hydrogens (tertiary/aromatic N) is 5. The van der Waals surface area contributed by atoms with Crippen LogP contribution in [0.25, 0.3) is 10.9 Å². The number of furan rings is 1. The third-order valence-electron chi connectivity index (χ3n) is 5.92. The van der Waals surface area contributed by atoms with Crippen LogP contribution in [0.3, 0.4) is 0 Å². The molecule has 4 aromatic rings. The molecule has 3 aromatic heterocycles. The quantitative estimate of drug-likeness (QED) is 0.376. The van der Waals surface area contributed by atoms with Gasteiger partial charge in [-0.15, -0.1) is 5.10 Å². The van der Waals surface area contributed by atoms with Crippen molar-refractivity contribution in [3.63, 3.8) is 0 Å². The minimum Gasteiger partial charge on any atom is -0.468 e. The molecule has 1 aromatic carbocycles. The zero-order valence-corrected chi connectivity index (χ0v) is 19.1. The summed E-state index contributed by atoms with van der Waals surface area (Å²) in [5, 5.41) is 13.2. The Balaban J connectivity index is 1.50. The van der Waals surface area contributed by atoms with Gasteiger partial charge in [0, 0.05) is 30.7 Å². The highest BCUT2D eigenvalue weighted by Crippen LogP contribution is 2.35. The Hall–Kier alpha value is -3.70. The van der Waals surface area contributed by atoms with Gasteiger partial charge in [-0.2, -0.15) is 0 Å². The van der Waals surface area contributed by atoms with Gasteiger partial charge in [0.1, 0.15) is 5.76 Å². The van der Waals surface area contributed by atoms with Crippen molar-refractivity contribution in [2.24, 2.45) is 0 Å². The minimum atomic E-state index is -0.162. The number of hydrogen-bond acceptors (Lipinski definition) is 9. The molecule has 11 nitrogen and oxygen atoms in total. The molecule has 1 N–H and O–H groups in total. The summed E-state index contributed by atoms with van der Waals surface area (Å²) in [6.45, 7) is 4.13. The summed E-state index contributed by atoms with van der Waals surface area (Å²) in [4.78, 5) is 18.2. The van der Waals surface area contributed by atoms with Crippen LogP contribution in [0.4, 0.5) is 0 Å². The van der Waals surface area contributed by atoms with Crippen LogP contribution in [0.5, 0.6) is 11.5 Å². The summed E-state index contributed by atoms with van der Waals surface area (Å²) in [5.41, 5.74) is 1.16. The molecule has 5 rings (SSSR count). The highest BCUT2D eigenvalue weighted by atomic mass is 16.7. The number of hydrogen-bond donors (Lipinski definition) is 1. The number of pyridine rings is 1. The van der Waals surface area contributed by atoms with Gasteiger partial charge in [0.05, 0.1) is 37.5 Å². The highest BCUT2D eigenvalue weighted by molar-refractivity contribution is 5.83. The first-order valence-corrected chi connectivity index (χ1v) is 11.1. The van der Waals surface area contributed by atoms with E-state index in [1.807, 2.05) is 24.3 Å². The molecule has 11 heteroatoms. The summed E-state index contributed by atoms with van der Waals surface area (Å²) in [6.07, 6.45) is 2.38. The lowest BCUT2D eigenvalue weighted by molar-refractivity contribution is 0.142. The van der Waals surface area contributed by atoms with Gasteiger partial charge < -0.3 is 23.6 Å². The van der Waals surface area contributed by atoms with E-state index >= 15 is 0 Å². The maximum absolute atomic E-state index is 13.0. The number of rotatable bonds is 10. The molecule has 0 aliphatic carbocycles. The number of tetrazole rings is 1. The molecule has 4 heterocycles. The van der Waals surface area contributed by atoms with Gasteiger partial charge in [0.25, 0.3) is 5.56 Å². The van der Waals surface area contributed by atoms with Crippen LogP contribution < -0.4 is 15.0 Å². The van der Waals surface area contributed by atoms with Gasteiger partial charge in [0.15, 0.2) is 17.3 Å². The fourth-order valence-electron chi connectivity index (χ4n) is 4.25. The summed E-state index contributed by atoms with van der Waals surface area (Å²) in [7, 11) is 1.64. The lowest BCUT2D eigenvalue weighted by Gasteiger charge is -2.29. The van der Waals surface area contributed by atoms with E-state index < -0.39 is 0 Å². The molecule has 0 bridgehead atoms. The van der Waals surface area contributed by atoms with Gasteiger partial charge >= 0.3 is 0 Å². The molecule has 0 amide bonds. The van der Waals surface area contributed by atoms with E-state index in [1.165, 1.54) is 0 Å². The van der Waals surface area contributed by atoms with Crippen molar-refractivity contribution in [2.75, 3.05) is 20.5 Å². The number of H-pyrrole nitrogens is 1. The fourth-order valence-corrected chi connectivity index (χ4v) is 4.25. The first-order valence-electron chi connectivity index (χ1n) is 11.1. The van der Waals surface area contributed by atoms with Gasteiger partial charge in [0.2, 0.25) is 6.79 Å². The Kier molecular flexibility index (Phi) is 6.28. The maximum Gasteiger partial charge on any atom is 0.252 e. The molecule has 0 saturated carbocycles. The molecule has 1 aliphatic heterocycles. The Morgan fingerprint density at radius 2 is 2.09 bits per heavy atom. The third kappa shape index (κ3) is 4.39. The van der Waals surface area contributed by atoms with E-state index in [1.54, 1.807) is 24.1 Å². The zero-order valence-electron chi connectivity index (χ0n) is 19.1. The van der Waals surface area contributed by atoms with Crippen molar-refractivity contribution in [1.82, 2.24) is 30.1 Å². The maximum atomic E-state index is 13.0. The largest absolute Gasteiger partial charge is 0.468 e. The number of aromatic amines is 1. The molecule has 0 saturated heterocycles. The summed E-state index contributed by atoms with van der Waals surface area (Å²) in [5.74, 6) is 2.80. The normalized spacial score (nSPS) is 13.7. The van der Waals surface area contributed by atoms with Crippen molar-refractivity contribution in [3.8, 4) is 11.5 Å². The first kappa shape index (κ1) is 22.1. The molecule has 0 fully saturated rings. The molecule has 0 spiro atoms. The van der Waals surface area contributed by atoms with Gasteiger partial charge in [-0.1, -0.05) is 6.92 Å². The van der Waals surface area contributed by atoms with Gasteiger partial charge in [-0.05, 0) is 41.1 Å². The third-order valence-corrected chi connectivity index (χ3v) is 5.92. The standard InChI is InChI=1S/C23H26N6O5/c1-3-19(22-25-26-27-29(22)6-8-31-2)28(13-17-5-4-7-32-17)12-16-9-15-10-20-21(34-14-33-20)11-18(15)24-23(16)30/h4-5,7,9-11,19H,3,6,8,12-14H2,1-2H3,(H,24,30). The Morgan fingerprint density at radius 3 is 2.85 bits per heavy atom. The van der Waals surface area contributed by atoms with Crippen LogP contribution in [0.15, 0.2) is 45.8 Å². The van der Waals surface area contributed by atoms with Crippen molar-refractivity contribution in [3.05, 3.63) is 64.1 Å². The monoisotopic (exact) mass is 466 g/mol. The average molecular weight is 466 g/mol. The molecule has 34 heavy (non-hydrogen) atoms. The van der Waals surface area contributed by atoms with E-state index in [9.17, 15) is 4.79 Å². The predicted molar refractivity (Wildman–Crippen MR) is 121 cm³/mol. The number of aromatic nitrogens is 5. The minimum absolute atomic E-state index is 0.149. The van der Waals surface area contributed by atoms with Crippen molar-refractivity contribution >= 4 is 10.9 Å². The van der Waals surface area contributed by atoms with Crippen LogP contribution in [-0.4, -0.2) is 50.6 Å². The van der Waals surface area contributed by atoms with Gasteiger partial charge in [-0.3, -0.25) is 9.69 Å². The van der Waals surface area contributed by atoms with Crippen LogP contribution >= 0.6 is 0 Å². The lowest BCUT2D eigenvalue weighted by atomic mass is 10.1. The number of nitrogens with one attached hydrogen (secondary N) is 1. The highest BCUT2D eigenvalue weighted by Gasteiger charge is 2.27. The molecular weight excluding hydrogens is 440 g/mol. The van der Waals surface area contributed by atoms with E-state index in [2.05, 4.69) is 32.3 Å². The second kappa shape index (κ2) is 9.65. The van der Waals surface area contributed by atoms with Gasteiger partial charge in [-0.25, -0.2) is 4.68 Å². The molecule has 0 radical (unpaired) electrons. The number of ether oxygens (including phenoxy) is 3. The lowest BCUT2D eigenvalue weighted by Crippen LogP contribution is -2.32. The number of benzene rings is 1. The van der Waals surface area contributed by atoms with Crippen molar-refractivity contribution in [1.29, 1.82) is 0 Å². The van der Waals surface area contributed by atoms with E-state index in [0.29, 0.717) is 54.6 Å². The van der Waals surface area contributed by atoms with E-state index in [4.69, 9.17) is 18.6 Å². The van der Waals surface area contributed by atoms with Crippen molar-refractivity contribution < 1.29 is 18.6 Å². The molecular formula is C23H26N6O5. The van der Waals surface area contributed by atoms with Crippen LogP contribution in [-0.2, 0) is 24.4 Å². The van der Waals surface area contributed by atoms with E-state index in [0.717, 1.165) is 17.6 Å².